The second-order valence-corrected chi connectivity index (χ2v) is 6.46. The Balaban J connectivity index is 1.73. The zero-order chi connectivity index (χ0) is 19.6. The van der Waals surface area contributed by atoms with Crippen molar-refractivity contribution in [1.82, 2.24) is 9.13 Å². The standard InChI is InChI=1S/C21H22N2O4/c1-4-15-9-11-16(12-10-15)20(25)14(2)27-19(24)13-23-18-8-6-5-7-17(18)22(3)21(23)26/h5-12,14H,4,13H2,1-3H3. The number of benzene rings is 2. The first-order valence-electron chi connectivity index (χ1n) is 8.89. The molecule has 0 bridgehead atoms. The van der Waals surface area contributed by atoms with Crippen molar-refractivity contribution in [3.8, 4) is 0 Å². The van der Waals surface area contributed by atoms with Gasteiger partial charge in [-0.1, -0.05) is 43.3 Å². The Hall–Kier alpha value is -3.15. The number of carbonyl (C=O) groups is 2. The molecule has 0 radical (unpaired) electrons. The fourth-order valence-electron chi connectivity index (χ4n) is 3.07. The highest BCUT2D eigenvalue weighted by atomic mass is 16.5. The van der Waals surface area contributed by atoms with Gasteiger partial charge in [-0.15, -0.1) is 0 Å². The molecule has 1 atom stereocenters. The summed E-state index contributed by atoms with van der Waals surface area (Å²) in [5.74, 6) is -0.893. The maximum Gasteiger partial charge on any atom is 0.329 e. The largest absolute Gasteiger partial charge is 0.453 e. The average molecular weight is 366 g/mol. The van der Waals surface area contributed by atoms with Crippen LogP contribution in [0.2, 0.25) is 0 Å². The van der Waals surface area contributed by atoms with Crippen molar-refractivity contribution >= 4 is 22.8 Å². The minimum atomic E-state index is -0.921. The lowest BCUT2D eigenvalue weighted by atomic mass is 10.0. The van der Waals surface area contributed by atoms with Gasteiger partial charge in [-0.25, -0.2) is 4.79 Å². The lowest BCUT2D eigenvalue weighted by Crippen LogP contribution is -2.30. The summed E-state index contributed by atoms with van der Waals surface area (Å²) in [4.78, 5) is 37.2. The van der Waals surface area contributed by atoms with Crippen LogP contribution in [-0.2, 0) is 29.5 Å². The number of hydrogen-bond acceptors (Lipinski definition) is 4. The molecular formula is C21H22N2O4. The van der Waals surface area contributed by atoms with Gasteiger partial charge in [0.25, 0.3) is 0 Å². The smallest absolute Gasteiger partial charge is 0.329 e. The molecule has 1 aromatic heterocycles. The molecule has 140 valence electrons. The molecule has 0 saturated heterocycles. The number of rotatable bonds is 6. The van der Waals surface area contributed by atoms with E-state index in [9.17, 15) is 14.4 Å². The number of para-hydroxylation sites is 2. The Bertz CT molecular complexity index is 1040. The number of aromatic nitrogens is 2. The van der Waals surface area contributed by atoms with Gasteiger partial charge < -0.3 is 4.74 Å². The maximum absolute atomic E-state index is 12.5. The molecule has 0 aliphatic heterocycles. The highest BCUT2D eigenvalue weighted by Gasteiger charge is 2.21. The van der Waals surface area contributed by atoms with Gasteiger partial charge in [-0.05, 0) is 31.0 Å². The van der Waals surface area contributed by atoms with Crippen molar-refractivity contribution in [2.24, 2.45) is 7.05 Å². The van der Waals surface area contributed by atoms with Crippen molar-refractivity contribution in [2.75, 3.05) is 0 Å². The fourth-order valence-corrected chi connectivity index (χ4v) is 3.07. The van der Waals surface area contributed by atoms with E-state index in [1.807, 2.05) is 31.2 Å². The van der Waals surface area contributed by atoms with E-state index >= 15 is 0 Å². The maximum atomic E-state index is 12.5. The number of ketones is 1. The third kappa shape index (κ3) is 3.69. The second kappa shape index (κ2) is 7.61. The Kier molecular flexibility index (Phi) is 5.26. The molecule has 0 aliphatic rings. The molecule has 6 nitrogen and oxygen atoms in total. The van der Waals surface area contributed by atoms with E-state index in [0.717, 1.165) is 17.5 Å². The molecule has 3 aromatic rings. The minimum Gasteiger partial charge on any atom is -0.453 e. The molecule has 1 heterocycles. The number of imidazole rings is 1. The quantitative estimate of drug-likeness (QED) is 0.497. The van der Waals surface area contributed by atoms with Crippen LogP contribution >= 0.6 is 0 Å². The van der Waals surface area contributed by atoms with E-state index in [-0.39, 0.29) is 18.0 Å². The third-order valence-corrected chi connectivity index (χ3v) is 4.66. The van der Waals surface area contributed by atoms with Crippen LogP contribution in [0.25, 0.3) is 11.0 Å². The molecule has 6 heteroatoms. The summed E-state index contributed by atoms with van der Waals surface area (Å²) in [7, 11) is 1.65. The minimum absolute atomic E-state index is 0.243. The van der Waals surface area contributed by atoms with Crippen molar-refractivity contribution in [2.45, 2.75) is 32.9 Å². The van der Waals surface area contributed by atoms with Gasteiger partial charge in [-0.2, -0.15) is 0 Å². The van der Waals surface area contributed by atoms with Crippen LogP contribution in [-0.4, -0.2) is 27.0 Å². The van der Waals surface area contributed by atoms with Crippen molar-refractivity contribution < 1.29 is 14.3 Å². The highest BCUT2D eigenvalue weighted by molar-refractivity contribution is 6.00. The number of nitrogens with zero attached hydrogens (tertiary/aromatic N) is 2. The molecule has 3 rings (SSSR count). The van der Waals surface area contributed by atoms with Crippen LogP contribution in [0.4, 0.5) is 0 Å². The van der Waals surface area contributed by atoms with Crippen LogP contribution in [0.3, 0.4) is 0 Å². The Morgan fingerprint density at radius 2 is 1.67 bits per heavy atom. The Morgan fingerprint density at radius 3 is 2.30 bits per heavy atom. The average Bonchev–Trinajstić information content (AvgIpc) is 2.92. The predicted octanol–water partition coefficient (Wildman–Crippen LogP) is 2.72. The molecule has 0 fully saturated rings. The first kappa shape index (κ1) is 18.6. The highest BCUT2D eigenvalue weighted by Crippen LogP contribution is 2.13. The third-order valence-electron chi connectivity index (χ3n) is 4.66. The summed E-state index contributed by atoms with van der Waals surface area (Å²) in [6.07, 6.45) is -0.0330. The topological polar surface area (TPSA) is 70.3 Å². The lowest BCUT2D eigenvalue weighted by molar-refractivity contribution is -0.147. The molecule has 27 heavy (non-hydrogen) atoms. The number of aryl methyl sites for hydroxylation is 2. The number of ether oxygens (including phenoxy) is 1. The number of hydrogen-bond donors (Lipinski definition) is 0. The zero-order valence-corrected chi connectivity index (χ0v) is 15.6. The Morgan fingerprint density at radius 1 is 1.04 bits per heavy atom. The first-order valence-corrected chi connectivity index (χ1v) is 8.89. The summed E-state index contributed by atoms with van der Waals surface area (Å²) in [5.41, 5.74) is 2.70. The summed E-state index contributed by atoms with van der Waals surface area (Å²) >= 11 is 0. The number of fused-ring (bicyclic) bond motifs is 1. The van der Waals surface area contributed by atoms with E-state index < -0.39 is 12.1 Å². The summed E-state index contributed by atoms with van der Waals surface area (Å²) in [6.45, 7) is 3.34. The Labute approximate surface area is 157 Å². The van der Waals surface area contributed by atoms with Crippen LogP contribution in [0.1, 0.15) is 29.8 Å². The SMILES string of the molecule is CCc1ccc(C(=O)C(C)OC(=O)Cn2c(=O)n(C)c3ccccc32)cc1. The van der Waals surface area contributed by atoms with Gasteiger partial charge in [0.1, 0.15) is 6.54 Å². The predicted molar refractivity (Wildman–Crippen MR) is 103 cm³/mol. The van der Waals surface area contributed by atoms with Gasteiger partial charge in [0, 0.05) is 12.6 Å². The number of carbonyl (C=O) groups excluding carboxylic acids is 2. The molecule has 0 aliphatic carbocycles. The summed E-state index contributed by atoms with van der Waals surface area (Å²) < 4.78 is 8.11. The van der Waals surface area contributed by atoms with Crippen molar-refractivity contribution in [1.29, 1.82) is 0 Å². The molecule has 0 amide bonds. The van der Waals surface area contributed by atoms with Gasteiger partial charge in [0.05, 0.1) is 11.0 Å². The van der Waals surface area contributed by atoms with Gasteiger partial charge >= 0.3 is 11.7 Å². The van der Waals surface area contributed by atoms with Crippen LogP contribution in [0.5, 0.6) is 0 Å². The fraction of sp³-hybridized carbons (Fsp3) is 0.286. The van der Waals surface area contributed by atoms with E-state index in [1.54, 1.807) is 38.2 Å². The molecule has 2 aromatic carbocycles. The van der Waals surface area contributed by atoms with Crippen LogP contribution in [0, 0.1) is 0 Å². The van der Waals surface area contributed by atoms with Crippen molar-refractivity contribution in [3.63, 3.8) is 0 Å². The van der Waals surface area contributed by atoms with E-state index in [0.29, 0.717) is 11.1 Å². The molecule has 0 saturated carbocycles. The van der Waals surface area contributed by atoms with Crippen LogP contribution in [0.15, 0.2) is 53.3 Å². The molecule has 0 spiro atoms. The zero-order valence-electron chi connectivity index (χ0n) is 15.6. The summed E-state index contributed by atoms with van der Waals surface area (Å²) in [5, 5.41) is 0. The molecular weight excluding hydrogens is 344 g/mol. The second-order valence-electron chi connectivity index (χ2n) is 6.46. The molecule has 1 unspecified atom stereocenters. The van der Waals surface area contributed by atoms with E-state index in [1.165, 1.54) is 9.13 Å². The normalized spacial score (nSPS) is 12.1. The van der Waals surface area contributed by atoms with E-state index in [4.69, 9.17) is 4.74 Å². The first-order chi connectivity index (χ1) is 12.9. The van der Waals surface area contributed by atoms with Gasteiger partial charge in [0.15, 0.2) is 6.10 Å². The summed E-state index contributed by atoms with van der Waals surface area (Å²) in [6, 6.07) is 14.5. The molecule has 0 N–H and O–H groups in total. The van der Waals surface area contributed by atoms with Gasteiger partial charge in [0.2, 0.25) is 5.78 Å². The van der Waals surface area contributed by atoms with Gasteiger partial charge in [-0.3, -0.25) is 18.7 Å². The monoisotopic (exact) mass is 366 g/mol. The number of Topliss-reactive ketones (excluding diaryl/α,β-unsaturated/α-hetero) is 1. The van der Waals surface area contributed by atoms with E-state index in [2.05, 4.69) is 0 Å². The van der Waals surface area contributed by atoms with Crippen LogP contribution < -0.4 is 5.69 Å². The number of esters is 1. The van der Waals surface area contributed by atoms with Crippen molar-refractivity contribution in [3.05, 3.63) is 70.1 Å². The lowest BCUT2D eigenvalue weighted by Gasteiger charge is -2.13.